The summed E-state index contributed by atoms with van der Waals surface area (Å²) in [5.74, 6) is 0.787. The minimum atomic E-state index is -0.0193. The van der Waals surface area contributed by atoms with Crippen LogP contribution in [0.1, 0.15) is 23.3 Å². The number of hydrogen-bond acceptors (Lipinski definition) is 4. The molecule has 3 rings (SSSR count). The van der Waals surface area contributed by atoms with Gasteiger partial charge in [-0.3, -0.25) is 4.79 Å². The van der Waals surface area contributed by atoms with E-state index >= 15 is 0 Å². The summed E-state index contributed by atoms with van der Waals surface area (Å²) in [6.45, 7) is 3.23. The third kappa shape index (κ3) is 1.96. The highest BCUT2D eigenvalue weighted by Crippen LogP contribution is 2.17. The molecule has 0 radical (unpaired) electrons. The highest BCUT2D eigenvalue weighted by atomic mass is 16.5. The molecule has 0 saturated carbocycles. The van der Waals surface area contributed by atoms with Crippen molar-refractivity contribution < 1.29 is 9.53 Å². The molecule has 1 unspecified atom stereocenters. The minimum absolute atomic E-state index is 0.0193. The number of nitrogens with one attached hydrogen (secondary N) is 1. The number of carbonyl (C=O) groups excluding carboxylic acids is 1. The van der Waals surface area contributed by atoms with Crippen LogP contribution in [0.5, 0.6) is 0 Å². The van der Waals surface area contributed by atoms with E-state index < -0.39 is 0 Å². The van der Waals surface area contributed by atoms with Crippen LogP contribution in [0.25, 0.3) is 0 Å². The van der Waals surface area contributed by atoms with Crippen molar-refractivity contribution in [1.29, 1.82) is 0 Å². The number of aryl methyl sites for hydroxylation is 1. The topological polar surface area (TPSA) is 59.4 Å². The van der Waals surface area contributed by atoms with Crippen molar-refractivity contribution in [2.24, 2.45) is 0 Å². The maximum Gasteiger partial charge on any atom is 0.274 e. The van der Waals surface area contributed by atoms with Crippen LogP contribution in [0, 0.1) is 0 Å². The Balaban J connectivity index is 1.77. The third-order valence-electron chi connectivity index (χ3n) is 3.63. The quantitative estimate of drug-likeness (QED) is 0.833. The molecule has 0 aliphatic carbocycles. The Morgan fingerprint density at radius 1 is 1.67 bits per heavy atom. The predicted molar refractivity (Wildman–Crippen MR) is 66.7 cm³/mol. The van der Waals surface area contributed by atoms with Crippen molar-refractivity contribution in [3.8, 4) is 0 Å². The summed E-state index contributed by atoms with van der Waals surface area (Å²) in [7, 11) is 1.83. The Bertz CT molecular complexity index is 427. The summed E-state index contributed by atoms with van der Waals surface area (Å²) in [6.07, 6.45) is 3.83. The van der Waals surface area contributed by atoms with Gasteiger partial charge in [0.15, 0.2) is 0 Å². The Morgan fingerprint density at radius 2 is 2.56 bits per heavy atom. The van der Waals surface area contributed by atoms with Crippen LogP contribution < -0.4 is 5.32 Å². The van der Waals surface area contributed by atoms with Crippen molar-refractivity contribution in [3.63, 3.8) is 0 Å². The average Bonchev–Trinajstić information content (AvgIpc) is 3.05. The number of carbonyl (C=O) groups is 1. The van der Waals surface area contributed by atoms with Crippen molar-refractivity contribution in [3.05, 3.63) is 11.9 Å². The number of ether oxygens (including phenoxy) is 1. The number of hydrogen-bond donors (Lipinski definition) is 1. The summed E-state index contributed by atoms with van der Waals surface area (Å²) in [6, 6.07) is 0.184. The zero-order chi connectivity index (χ0) is 12.5. The number of imidazole rings is 1. The summed E-state index contributed by atoms with van der Waals surface area (Å²) >= 11 is 0. The molecule has 6 heteroatoms. The Labute approximate surface area is 106 Å². The fourth-order valence-corrected chi connectivity index (χ4v) is 2.45. The van der Waals surface area contributed by atoms with Gasteiger partial charge in [-0.25, -0.2) is 4.98 Å². The standard InChI is InChI=1S/C12H18N4O2/c1-15(9-3-6-18-8-9)11(17)10-7-16-5-2-4-13-12(16)14-10/h7,9H,2-6,8H2,1H3,(H,13,14). The molecule has 98 valence electrons. The second-order valence-electron chi connectivity index (χ2n) is 4.86. The van der Waals surface area contributed by atoms with E-state index in [1.54, 1.807) is 4.90 Å². The normalized spacial score (nSPS) is 22.4. The molecule has 18 heavy (non-hydrogen) atoms. The van der Waals surface area contributed by atoms with Crippen LogP contribution in [-0.4, -0.2) is 53.2 Å². The lowest BCUT2D eigenvalue weighted by Crippen LogP contribution is -2.37. The number of nitrogens with zero attached hydrogens (tertiary/aromatic N) is 3. The molecule has 6 nitrogen and oxygen atoms in total. The zero-order valence-corrected chi connectivity index (χ0v) is 10.6. The van der Waals surface area contributed by atoms with E-state index in [-0.39, 0.29) is 11.9 Å². The Kier molecular flexibility index (Phi) is 2.95. The average molecular weight is 250 g/mol. The maximum absolute atomic E-state index is 12.3. The molecular formula is C12H18N4O2. The van der Waals surface area contributed by atoms with Crippen LogP contribution >= 0.6 is 0 Å². The van der Waals surface area contributed by atoms with Gasteiger partial charge in [-0.15, -0.1) is 0 Å². The fraction of sp³-hybridized carbons (Fsp3) is 0.667. The van der Waals surface area contributed by atoms with E-state index in [0.29, 0.717) is 12.3 Å². The number of aromatic nitrogens is 2. The maximum atomic E-state index is 12.3. The predicted octanol–water partition coefficient (Wildman–Crippen LogP) is 0.560. The van der Waals surface area contributed by atoms with Gasteiger partial charge in [-0.1, -0.05) is 0 Å². The second-order valence-corrected chi connectivity index (χ2v) is 4.86. The zero-order valence-electron chi connectivity index (χ0n) is 10.6. The molecule has 1 aromatic heterocycles. The second kappa shape index (κ2) is 4.61. The molecule has 0 bridgehead atoms. The molecule has 1 atom stereocenters. The van der Waals surface area contributed by atoms with E-state index in [4.69, 9.17) is 4.74 Å². The van der Waals surface area contributed by atoms with E-state index in [0.717, 1.165) is 38.5 Å². The summed E-state index contributed by atoms with van der Waals surface area (Å²) in [4.78, 5) is 18.4. The van der Waals surface area contributed by atoms with Gasteiger partial charge in [0.25, 0.3) is 5.91 Å². The van der Waals surface area contributed by atoms with Crippen molar-refractivity contribution >= 4 is 11.9 Å². The summed E-state index contributed by atoms with van der Waals surface area (Å²) in [5, 5.41) is 3.20. The number of likely N-dealkylation sites (N-methyl/N-ethyl adjacent to an activating group) is 1. The first-order chi connectivity index (χ1) is 8.75. The fourth-order valence-electron chi connectivity index (χ4n) is 2.45. The molecule has 1 fully saturated rings. The molecule has 0 spiro atoms. The van der Waals surface area contributed by atoms with E-state index in [9.17, 15) is 4.79 Å². The number of amides is 1. The van der Waals surface area contributed by atoms with Crippen molar-refractivity contribution in [2.45, 2.75) is 25.4 Å². The van der Waals surface area contributed by atoms with Crippen LogP contribution in [0.2, 0.25) is 0 Å². The lowest BCUT2D eigenvalue weighted by atomic mass is 10.2. The molecule has 1 N–H and O–H groups in total. The first-order valence-corrected chi connectivity index (χ1v) is 6.41. The smallest absolute Gasteiger partial charge is 0.274 e. The lowest BCUT2D eigenvalue weighted by Gasteiger charge is -2.21. The van der Waals surface area contributed by atoms with Crippen molar-refractivity contribution in [2.75, 3.05) is 32.1 Å². The van der Waals surface area contributed by atoms with E-state index in [1.807, 2.05) is 17.8 Å². The Hall–Kier alpha value is -1.56. The van der Waals surface area contributed by atoms with Gasteiger partial charge in [-0.05, 0) is 12.8 Å². The Morgan fingerprint density at radius 3 is 3.28 bits per heavy atom. The highest BCUT2D eigenvalue weighted by Gasteiger charge is 2.27. The van der Waals surface area contributed by atoms with Gasteiger partial charge in [0, 0.05) is 32.9 Å². The minimum Gasteiger partial charge on any atom is -0.379 e. The van der Waals surface area contributed by atoms with Gasteiger partial charge in [-0.2, -0.15) is 0 Å². The highest BCUT2D eigenvalue weighted by molar-refractivity contribution is 5.92. The van der Waals surface area contributed by atoms with Gasteiger partial charge < -0.3 is 19.5 Å². The van der Waals surface area contributed by atoms with Gasteiger partial charge in [0.2, 0.25) is 5.95 Å². The SMILES string of the molecule is CN(C(=O)c1cn2c(n1)NCCC2)C1CCOC1. The van der Waals surface area contributed by atoms with Gasteiger partial charge in [0.1, 0.15) is 5.69 Å². The summed E-state index contributed by atoms with van der Waals surface area (Å²) in [5.41, 5.74) is 0.522. The number of rotatable bonds is 2. The number of fused-ring (bicyclic) bond motifs is 1. The monoisotopic (exact) mass is 250 g/mol. The van der Waals surface area contributed by atoms with Gasteiger partial charge >= 0.3 is 0 Å². The van der Waals surface area contributed by atoms with Crippen LogP contribution in [0.15, 0.2) is 6.20 Å². The lowest BCUT2D eigenvalue weighted by molar-refractivity contribution is 0.0706. The summed E-state index contributed by atoms with van der Waals surface area (Å²) < 4.78 is 7.32. The first-order valence-electron chi connectivity index (χ1n) is 6.41. The molecule has 2 aliphatic heterocycles. The largest absolute Gasteiger partial charge is 0.379 e. The molecule has 1 aromatic rings. The van der Waals surface area contributed by atoms with E-state index in [1.165, 1.54) is 0 Å². The molecule has 2 aliphatic rings. The molecule has 1 amide bonds. The van der Waals surface area contributed by atoms with Crippen LogP contribution in [0.4, 0.5) is 5.95 Å². The molecule has 1 saturated heterocycles. The van der Waals surface area contributed by atoms with Crippen molar-refractivity contribution in [1.82, 2.24) is 14.5 Å². The molecule has 3 heterocycles. The number of anilines is 1. The van der Waals surface area contributed by atoms with E-state index in [2.05, 4.69) is 10.3 Å². The van der Waals surface area contributed by atoms with Crippen LogP contribution in [-0.2, 0) is 11.3 Å². The first kappa shape index (κ1) is 11.5. The van der Waals surface area contributed by atoms with Gasteiger partial charge in [0.05, 0.1) is 12.6 Å². The van der Waals surface area contributed by atoms with Crippen LogP contribution in [0.3, 0.4) is 0 Å². The molecular weight excluding hydrogens is 232 g/mol. The molecule has 0 aromatic carbocycles. The third-order valence-corrected chi connectivity index (χ3v) is 3.63.